The number of hydrogen-bond donors (Lipinski definition) is 2. The molecule has 1 amide bonds. The summed E-state index contributed by atoms with van der Waals surface area (Å²) < 4.78 is 21.4. The van der Waals surface area contributed by atoms with Crippen molar-refractivity contribution in [2.45, 2.75) is 25.8 Å². The summed E-state index contributed by atoms with van der Waals surface area (Å²) in [6, 6.07) is 3.61. The van der Waals surface area contributed by atoms with Gasteiger partial charge in [-0.25, -0.2) is 0 Å². The van der Waals surface area contributed by atoms with E-state index in [-0.39, 0.29) is 17.9 Å². The van der Waals surface area contributed by atoms with Gasteiger partial charge >= 0.3 is 0 Å². The first-order valence-electron chi connectivity index (χ1n) is 8.89. The molecule has 0 atom stereocenters. The Bertz CT molecular complexity index is 587. The van der Waals surface area contributed by atoms with Gasteiger partial charge in [0.1, 0.15) is 18.6 Å². The Kier molecular flexibility index (Phi) is 7.11. The van der Waals surface area contributed by atoms with Crippen LogP contribution in [-0.4, -0.2) is 65.6 Å². The fourth-order valence-electron chi connectivity index (χ4n) is 3.22. The fraction of sp³-hybridized carbons (Fsp3) is 0.632. The van der Waals surface area contributed by atoms with Crippen molar-refractivity contribution in [3.63, 3.8) is 0 Å². The van der Waals surface area contributed by atoms with Crippen LogP contribution in [0, 0.1) is 0 Å². The maximum absolute atomic E-state index is 12.4. The molecular formula is C19H31N2O5+. The molecule has 0 saturated carbocycles. The molecular weight excluding hydrogens is 336 g/mol. The number of nitrogens with one attached hydrogen (secondary N) is 2. The number of benzene rings is 1. The zero-order valence-electron chi connectivity index (χ0n) is 16.4. The van der Waals surface area contributed by atoms with E-state index in [9.17, 15) is 4.79 Å². The number of methoxy groups -OCH3 is 3. The molecule has 0 unspecified atom stereocenters. The van der Waals surface area contributed by atoms with Crippen LogP contribution in [0.1, 0.15) is 19.4 Å². The lowest BCUT2D eigenvalue weighted by molar-refractivity contribution is -0.954. The van der Waals surface area contributed by atoms with Crippen LogP contribution < -0.4 is 24.4 Å². The van der Waals surface area contributed by atoms with Crippen LogP contribution in [0.15, 0.2) is 12.1 Å². The maximum Gasteiger partial charge on any atom is 0.224 e. The first-order valence-corrected chi connectivity index (χ1v) is 8.89. The standard InChI is InChI=1S/C19H30N2O5/c1-19(2,21-6-8-26-9-7-21)13-20-17(22)12-14-10-15(23-3)18(25-5)16(11-14)24-4/h10-11H,6-9,12-13H2,1-5H3,(H,20,22)/p+1. The normalized spacial score (nSPS) is 15.4. The van der Waals surface area contributed by atoms with E-state index in [2.05, 4.69) is 19.2 Å². The third-order valence-electron chi connectivity index (χ3n) is 4.87. The molecule has 1 aliphatic rings. The summed E-state index contributed by atoms with van der Waals surface area (Å²) in [5.74, 6) is 1.59. The molecule has 1 aromatic carbocycles. The monoisotopic (exact) mass is 367 g/mol. The van der Waals surface area contributed by atoms with E-state index in [1.807, 2.05) is 0 Å². The molecule has 0 aliphatic carbocycles. The summed E-state index contributed by atoms with van der Waals surface area (Å²) in [5.41, 5.74) is 0.780. The van der Waals surface area contributed by atoms with Gasteiger partial charge in [-0.3, -0.25) is 4.79 Å². The largest absolute Gasteiger partial charge is 0.493 e. The van der Waals surface area contributed by atoms with Crippen molar-refractivity contribution in [2.75, 3.05) is 54.2 Å². The summed E-state index contributed by atoms with van der Waals surface area (Å²) >= 11 is 0. The fourth-order valence-corrected chi connectivity index (χ4v) is 3.22. The van der Waals surface area contributed by atoms with E-state index in [0.29, 0.717) is 23.8 Å². The molecule has 0 bridgehead atoms. The minimum absolute atomic E-state index is 0.0278. The molecule has 0 radical (unpaired) electrons. The molecule has 7 heteroatoms. The molecule has 0 aromatic heterocycles. The summed E-state index contributed by atoms with van der Waals surface area (Å²) in [4.78, 5) is 13.9. The van der Waals surface area contributed by atoms with Crippen molar-refractivity contribution in [2.24, 2.45) is 0 Å². The summed E-state index contributed by atoms with van der Waals surface area (Å²) in [6.07, 6.45) is 0.255. The highest BCUT2D eigenvalue weighted by molar-refractivity contribution is 5.79. The molecule has 1 heterocycles. The number of morpholine rings is 1. The molecule has 1 saturated heterocycles. The topological polar surface area (TPSA) is 70.5 Å². The Labute approximate surface area is 155 Å². The van der Waals surface area contributed by atoms with Crippen LogP contribution in [0.4, 0.5) is 0 Å². The second-order valence-electron chi connectivity index (χ2n) is 7.09. The number of amides is 1. The third kappa shape index (κ3) is 5.02. The van der Waals surface area contributed by atoms with Crippen LogP contribution in [-0.2, 0) is 16.0 Å². The van der Waals surface area contributed by atoms with Gasteiger partial charge in [-0.15, -0.1) is 0 Å². The number of carbonyl (C=O) groups excluding carboxylic acids is 1. The van der Waals surface area contributed by atoms with Crippen LogP contribution in [0.3, 0.4) is 0 Å². The van der Waals surface area contributed by atoms with Crippen molar-refractivity contribution < 1.29 is 28.6 Å². The van der Waals surface area contributed by atoms with Gasteiger partial charge in [0.25, 0.3) is 0 Å². The first kappa shape index (κ1) is 20.3. The smallest absolute Gasteiger partial charge is 0.224 e. The number of carbonyl (C=O) groups is 1. The zero-order valence-corrected chi connectivity index (χ0v) is 16.4. The van der Waals surface area contributed by atoms with Crippen LogP contribution in [0.25, 0.3) is 0 Å². The van der Waals surface area contributed by atoms with E-state index in [1.54, 1.807) is 33.5 Å². The molecule has 2 rings (SSSR count). The number of ether oxygens (including phenoxy) is 4. The van der Waals surface area contributed by atoms with Crippen molar-refractivity contribution in [3.8, 4) is 17.2 Å². The van der Waals surface area contributed by atoms with Gasteiger partial charge in [0.2, 0.25) is 11.7 Å². The van der Waals surface area contributed by atoms with Gasteiger partial charge in [0.05, 0.1) is 47.5 Å². The summed E-state index contributed by atoms with van der Waals surface area (Å²) in [6.45, 7) is 8.45. The molecule has 2 N–H and O–H groups in total. The molecule has 26 heavy (non-hydrogen) atoms. The second-order valence-corrected chi connectivity index (χ2v) is 7.09. The van der Waals surface area contributed by atoms with Gasteiger partial charge in [0, 0.05) is 0 Å². The van der Waals surface area contributed by atoms with Crippen molar-refractivity contribution in [3.05, 3.63) is 17.7 Å². The Balaban J connectivity index is 1.98. The van der Waals surface area contributed by atoms with Gasteiger partial charge in [-0.1, -0.05) is 0 Å². The van der Waals surface area contributed by atoms with E-state index in [1.165, 1.54) is 4.90 Å². The first-order chi connectivity index (χ1) is 12.4. The van der Waals surface area contributed by atoms with E-state index in [4.69, 9.17) is 18.9 Å². The Hall–Kier alpha value is -1.99. The highest BCUT2D eigenvalue weighted by Crippen LogP contribution is 2.38. The minimum Gasteiger partial charge on any atom is -0.493 e. The van der Waals surface area contributed by atoms with E-state index < -0.39 is 0 Å². The summed E-state index contributed by atoms with van der Waals surface area (Å²) in [7, 11) is 4.69. The SMILES string of the molecule is COc1cc(CC(=O)NCC(C)(C)[NH+]2CCOCC2)cc(OC)c1OC. The van der Waals surface area contributed by atoms with Gasteiger partial charge in [-0.2, -0.15) is 0 Å². The number of quaternary nitrogens is 1. The lowest BCUT2D eigenvalue weighted by Crippen LogP contribution is -3.22. The Morgan fingerprint density at radius 3 is 2.19 bits per heavy atom. The maximum atomic E-state index is 12.4. The van der Waals surface area contributed by atoms with E-state index >= 15 is 0 Å². The van der Waals surface area contributed by atoms with Crippen molar-refractivity contribution in [1.82, 2.24) is 5.32 Å². The molecule has 146 valence electrons. The predicted octanol–water partition coefficient (Wildman–Crippen LogP) is 0.0648. The van der Waals surface area contributed by atoms with Crippen LogP contribution >= 0.6 is 0 Å². The highest BCUT2D eigenvalue weighted by Gasteiger charge is 2.32. The Morgan fingerprint density at radius 2 is 1.69 bits per heavy atom. The predicted molar refractivity (Wildman–Crippen MR) is 98.4 cm³/mol. The lowest BCUT2D eigenvalue weighted by Gasteiger charge is -2.37. The molecule has 1 aliphatic heterocycles. The van der Waals surface area contributed by atoms with Gasteiger partial charge in [0.15, 0.2) is 11.5 Å². The second kappa shape index (κ2) is 9.09. The molecule has 1 fully saturated rings. The van der Waals surface area contributed by atoms with Crippen LogP contribution in [0.2, 0.25) is 0 Å². The van der Waals surface area contributed by atoms with E-state index in [0.717, 1.165) is 31.9 Å². The number of rotatable bonds is 8. The van der Waals surface area contributed by atoms with Crippen molar-refractivity contribution in [1.29, 1.82) is 0 Å². The Morgan fingerprint density at radius 1 is 1.12 bits per heavy atom. The van der Waals surface area contributed by atoms with Gasteiger partial charge in [-0.05, 0) is 31.5 Å². The highest BCUT2D eigenvalue weighted by atomic mass is 16.5. The quantitative estimate of drug-likeness (QED) is 0.680. The summed E-state index contributed by atoms with van der Waals surface area (Å²) in [5, 5.41) is 3.06. The average molecular weight is 367 g/mol. The van der Waals surface area contributed by atoms with Crippen molar-refractivity contribution >= 4 is 5.91 Å². The van der Waals surface area contributed by atoms with Gasteiger partial charge < -0.3 is 29.2 Å². The third-order valence-corrected chi connectivity index (χ3v) is 4.87. The minimum atomic E-state index is -0.0330. The molecule has 7 nitrogen and oxygen atoms in total. The zero-order chi connectivity index (χ0) is 19.2. The lowest BCUT2D eigenvalue weighted by atomic mass is 10.0. The molecule has 1 aromatic rings. The molecule has 0 spiro atoms. The van der Waals surface area contributed by atoms with Crippen LogP contribution in [0.5, 0.6) is 17.2 Å². The average Bonchev–Trinajstić information content (AvgIpc) is 2.66. The number of hydrogen-bond acceptors (Lipinski definition) is 5.